The summed E-state index contributed by atoms with van der Waals surface area (Å²) in [5.74, 6) is -4.58. The molecule has 0 amide bonds. The number of carbonyl (C=O) groups excluding carboxylic acids is 1. The number of hydrogen-bond donors (Lipinski definition) is 5. The number of fused-ring (bicyclic) bond motifs is 1. The van der Waals surface area contributed by atoms with Gasteiger partial charge in [0.25, 0.3) is 0 Å². The van der Waals surface area contributed by atoms with E-state index in [4.69, 9.17) is 4.74 Å². The second-order valence-corrected chi connectivity index (χ2v) is 5.03. The van der Waals surface area contributed by atoms with E-state index in [1.807, 2.05) is 0 Å². The maximum atomic E-state index is 12.2. The van der Waals surface area contributed by atoms with Crippen molar-refractivity contribution in [1.82, 2.24) is 0 Å². The highest BCUT2D eigenvalue weighted by molar-refractivity contribution is 6.01. The molecule has 0 fully saturated rings. The number of ketones is 1. The third kappa shape index (κ3) is 2.08. The fourth-order valence-corrected chi connectivity index (χ4v) is 2.43. The van der Waals surface area contributed by atoms with E-state index < -0.39 is 29.5 Å². The largest absolute Gasteiger partial charge is 0.508 e. The van der Waals surface area contributed by atoms with Gasteiger partial charge in [-0.05, 0) is 18.2 Å². The highest BCUT2D eigenvalue weighted by Crippen LogP contribution is 2.46. The highest BCUT2D eigenvalue weighted by Gasteiger charge is 2.43. The summed E-state index contributed by atoms with van der Waals surface area (Å²) in [6, 6.07) is 5.50. The van der Waals surface area contributed by atoms with Crippen molar-refractivity contribution in [3.8, 4) is 28.7 Å². The van der Waals surface area contributed by atoms with Crippen molar-refractivity contribution >= 4 is 5.78 Å². The summed E-state index contributed by atoms with van der Waals surface area (Å²) in [5, 5.41) is 48.9. The van der Waals surface area contributed by atoms with Gasteiger partial charge in [0.05, 0.1) is 17.5 Å². The number of rotatable bonds is 1. The number of hydrogen-bond acceptors (Lipinski definition) is 7. The first-order valence-corrected chi connectivity index (χ1v) is 6.33. The molecule has 0 saturated carbocycles. The van der Waals surface area contributed by atoms with E-state index in [1.54, 1.807) is 0 Å². The molecule has 1 aliphatic rings. The van der Waals surface area contributed by atoms with Crippen LogP contribution in [0.4, 0.5) is 0 Å². The van der Waals surface area contributed by atoms with Gasteiger partial charge in [-0.3, -0.25) is 4.79 Å². The molecule has 1 atom stereocenters. The Labute approximate surface area is 124 Å². The smallest absolute Gasteiger partial charge is 0.246 e. The van der Waals surface area contributed by atoms with E-state index in [9.17, 15) is 30.3 Å². The lowest BCUT2D eigenvalue weighted by molar-refractivity contribution is -0.149. The third-order valence-electron chi connectivity index (χ3n) is 3.43. The molecular weight excluding hydrogens is 292 g/mol. The van der Waals surface area contributed by atoms with Crippen LogP contribution in [-0.2, 0) is 5.79 Å². The molecule has 5 N–H and O–H groups in total. The lowest BCUT2D eigenvalue weighted by Gasteiger charge is -2.34. The quantitative estimate of drug-likeness (QED) is 0.537. The van der Waals surface area contributed by atoms with Crippen molar-refractivity contribution in [2.45, 2.75) is 12.2 Å². The topological polar surface area (TPSA) is 127 Å². The molecule has 0 saturated heterocycles. The first kappa shape index (κ1) is 14.0. The zero-order valence-electron chi connectivity index (χ0n) is 11.1. The molecule has 0 radical (unpaired) electrons. The van der Waals surface area contributed by atoms with Crippen LogP contribution in [-0.4, -0.2) is 31.3 Å². The minimum absolute atomic E-state index is 0.0690. The summed E-state index contributed by atoms with van der Waals surface area (Å²) >= 11 is 0. The van der Waals surface area contributed by atoms with Crippen LogP contribution in [0.2, 0.25) is 0 Å². The average Bonchev–Trinajstić information content (AvgIpc) is 2.40. The molecule has 22 heavy (non-hydrogen) atoms. The van der Waals surface area contributed by atoms with E-state index in [1.165, 1.54) is 12.1 Å². The summed E-state index contributed by atoms with van der Waals surface area (Å²) < 4.78 is 5.31. The van der Waals surface area contributed by atoms with E-state index in [0.717, 1.165) is 18.2 Å². The molecule has 0 bridgehead atoms. The molecule has 0 unspecified atom stereocenters. The number of Topliss-reactive ketones (excluding diaryl/α,β-unsaturated/α-hetero) is 1. The van der Waals surface area contributed by atoms with Crippen molar-refractivity contribution in [2.24, 2.45) is 0 Å². The van der Waals surface area contributed by atoms with Crippen molar-refractivity contribution in [1.29, 1.82) is 0 Å². The zero-order chi connectivity index (χ0) is 16.1. The second-order valence-electron chi connectivity index (χ2n) is 5.03. The molecule has 7 nitrogen and oxygen atoms in total. The van der Waals surface area contributed by atoms with E-state index >= 15 is 0 Å². The van der Waals surface area contributed by atoms with Crippen LogP contribution < -0.4 is 4.74 Å². The number of phenolic OH excluding ortho intramolecular Hbond substituents is 4. The van der Waals surface area contributed by atoms with Crippen LogP contribution in [0.15, 0.2) is 30.3 Å². The number of benzene rings is 2. The van der Waals surface area contributed by atoms with Gasteiger partial charge in [-0.2, -0.15) is 0 Å². The number of phenols is 4. The molecule has 1 aliphatic heterocycles. The minimum atomic E-state index is -2.20. The molecule has 7 heteroatoms. The van der Waals surface area contributed by atoms with Crippen LogP contribution in [0.25, 0.3) is 0 Å². The lowest BCUT2D eigenvalue weighted by Crippen LogP contribution is -2.39. The third-order valence-corrected chi connectivity index (χ3v) is 3.43. The predicted octanol–water partition coefficient (Wildman–Crippen LogP) is 1.32. The van der Waals surface area contributed by atoms with Crippen molar-refractivity contribution in [2.75, 3.05) is 0 Å². The first-order valence-electron chi connectivity index (χ1n) is 6.33. The van der Waals surface area contributed by atoms with Crippen molar-refractivity contribution in [3.05, 3.63) is 41.5 Å². The minimum Gasteiger partial charge on any atom is -0.508 e. The Morgan fingerprint density at radius 3 is 2.32 bits per heavy atom. The molecular formula is C15H12O7. The maximum absolute atomic E-state index is 12.2. The zero-order valence-corrected chi connectivity index (χ0v) is 11.1. The maximum Gasteiger partial charge on any atom is 0.246 e. The van der Waals surface area contributed by atoms with Gasteiger partial charge in [0.2, 0.25) is 5.79 Å². The van der Waals surface area contributed by atoms with E-state index in [2.05, 4.69) is 0 Å². The van der Waals surface area contributed by atoms with Crippen LogP contribution in [0.1, 0.15) is 22.3 Å². The summed E-state index contributed by atoms with van der Waals surface area (Å²) in [6.07, 6.45) is -0.527. The molecule has 0 aliphatic carbocycles. The standard InChI is InChI=1S/C15H12O7/c16-7-1-2-10(11(18)4-7)15(21)6-13(20)9-3-8(17)5-12(19)14(9)22-15/h1-5,16-19,21H,6H2/t15-/m1/s1. The van der Waals surface area contributed by atoms with Crippen LogP contribution in [0, 0.1) is 0 Å². The Kier molecular flexibility index (Phi) is 2.89. The van der Waals surface area contributed by atoms with Gasteiger partial charge in [-0.15, -0.1) is 0 Å². The molecule has 0 spiro atoms. The number of aliphatic hydroxyl groups is 1. The average molecular weight is 304 g/mol. The van der Waals surface area contributed by atoms with Crippen LogP contribution in [0.5, 0.6) is 28.7 Å². The van der Waals surface area contributed by atoms with Gasteiger partial charge >= 0.3 is 0 Å². The number of ether oxygens (including phenoxy) is 1. The van der Waals surface area contributed by atoms with E-state index in [0.29, 0.717) is 0 Å². The monoisotopic (exact) mass is 304 g/mol. The fraction of sp³-hybridized carbons (Fsp3) is 0.133. The summed E-state index contributed by atoms with van der Waals surface area (Å²) in [7, 11) is 0. The number of aromatic hydroxyl groups is 4. The predicted molar refractivity (Wildman–Crippen MR) is 73.0 cm³/mol. The molecule has 1 heterocycles. The summed E-state index contributed by atoms with van der Waals surface area (Å²) in [5.41, 5.74) is -0.197. The first-order chi connectivity index (χ1) is 10.3. The Morgan fingerprint density at radius 2 is 1.64 bits per heavy atom. The lowest BCUT2D eigenvalue weighted by atomic mass is 9.92. The van der Waals surface area contributed by atoms with Gasteiger partial charge in [-0.25, -0.2) is 0 Å². The van der Waals surface area contributed by atoms with Crippen molar-refractivity contribution in [3.63, 3.8) is 0 Å². The summed E-state index contributed by atoms with van der Waals surface area (Å²) in [4.78, 5) is 12.2. The van der Waals surface area contributed by atoms with Gasteiger partial charge in [-0.1, -0.05) is 0 Å². The van der Waals surface area contributed by atoms with Gasteiger partial charge in [0, 0.05) is 12.1 Å². The Balaban J connectivity index is 2.13. The molecule has 3 rings (SSSR count). The highest BCUT2D eigenvalue weighted by atomic mass is 16.6. The van der Waals surface area contributed by atoms with Crippen molar-refractivity contribution < 1.29 is 35.1 Å². The SMILES string of the molecule is O=C1C[C@](O)(c2ccc(O)cc2O)Oc2c(O)cc(O)cc21. The summed E-state index contributed by atoms with van der Waals surface area (Å²) in [6.45, 7) is 0. The van der Waals surface area contributed by atoms with Gasteiger partial charge in [0.15, 0.2) is 17.3 Å². The second kappa shape index (κ2) is 4.54. The molecule has 114 valence electrons. The van der Waals surface area contributed by atoms with Crippen LogP contribution in [0.3, 0.4) is 0 Å². The fourth-order valence-electron chi connectivity index (χ4n) is 2.43. The van der Waals surface area contributed by atoms with Gasteiger partial charge in [0.1, 0.15) is 17.2 Å². The number of carbonyl (C=O) groups is 1. The molecule has 0 aromatic heterocycles. The molecule has 2 aromatic rings. The van der Waals surface area contributed by atoms with Crippen LogP contribution >= 0.6 is 0 Å². The van der Waals surface area contributed by atoms with E-state index in [-0.39, 0.29) is 28.4 Å². The Bertz CT molecular complexity index is 784. The van der Waals surface area contributed by atoms with Gasteiger partial charge < -0.3 is 30.3 Å². The Morgan fingerprint density at radius 1 is 0.955 bits per heavy atom. The normalized spacial score (nSPS) is 20.3. The Hall–Kier alpha value is -2.93. The molecule has 2 aromatic carbocycles.